The number of anilines is 1. The van der Waals surface area contributed by atoms with Gasteiger partial charge in [-0.05, 0) is 61.4 Å². The van der Waals surface area contributed by atoms with Gasteiger partial charge in [0.05, 0.1) is 41.0 Å². The van der Waals surface area contributed by atoms with Crippen LogP contribution in [-0.4, -0.2) is 38.5 Å². The van der Waals surface area contributed by atoms with Crippen molar-refractivity contribution in [2.45, 2.75) is 36.2 Å². The zero-order valence-electron chi connectivity index (χ0n) is 21.3. The standard InChI is InChI=1S/C27H20F6N4O4S/c28-26(29,30)17-3-1-4-19(12-17)42(39,40)37-14-18(13-35-24(38)25(15-34)9-10-25)41-22-8-7-16(11-21(22)37)20-5-2-6-23(36-20)27(31,32)33/h1-8,11-12,18H,9-10,13-14H2,(H,35,38)/t18-/m0/s1. The Kier molecular flexibility index (Phi) is 7.08. The number of amides is 1. The van der Waals surface area contributed by atoms with Crippen LogP contribution in [0.15, 0.2) is 65.6 Å². The number of aromatic nitrogens is 1. The molecule has 220 valence electrons. The lowest BCUT2D eigenvalue weighted by atomic mass is 10.1. The Hall–Kier alpha value is -4.32. The van der Waals surface area contributed by atoms with Crippen LogP contribution in [0.25, 0.3) is 11.3 Å². The number of nitrogens with one attached hydrogen (secondary N) is 1. The van der Waals surface area contributed by atoms with Gasteiger partial charge in [-0.2, -0.15) is 31.6 Å². The van der Waals surface area contributed by atoms with Crippen molar-refractivity contribution in [3.8, 4) is 23.1 Å². The molecule has 1 fully saturated rings. The Morgan fingerprint density at radius 1 is 1.05 bits per heavy atom. The Balaban J connectivity index is 1.54. The SMILES string of the molecule is N#CC1(C(=O)NC[C@H]2CN(S(=O)(=O)c3cccc(C(F)(F)F)c3)c3cc(-c4cccc(C(F)(F)F)n4)ccc3O2)CC1. The third kappa shape index (κ3) is 5.58. The molecule has 2 aromatic carbocycles. The van der Waals surface area contributed by atoms with E-state index < -0.39 is 62.5 Å². The molecule has 2 heterocycles. The highest BCUT2D eigenvalue weighted by molar-refractivity contribution is 7.92. The topological polar surface area (TPSA) is 112 Å². The predicted molar refractivity (Wildman–Crippen MR) is 135 cm³/mol. The maximum absolute atomic E-state index is 13.8. The van der Waals surface area contributed by atoms with Gasteiger partial charge in [-0.15, -0.1) is 0 Å². The number of benzene rings is 2. The molecule has 8 nitrogen and oxygen atoms in total. The first kappa shape index (κ1) is 29.2. The second-order valence-electron chi connectivity index (χ2n) is 9.79. The van der Waals surface area contributed by atoms with Gasteiger partial charge >= 0.3 is 12.4 Å². The summed E-state index contributed by atoms with van der Waals surface area (Å²) in [6.07, 6.45) is -9.86. The van der Waals surface area contributed by atoms with Gasteiger partial charge in [0.15, 0.2) is 0 Å². The van der Waals surface area contributed by atoms with Crippen molar-refractivity contribution in [3.63, 3.8) is 0 Å². The molecule has 0 unspecified atom stereocenters. The number of ether oxygens (including phenoxy) is 1. The van der Waals surface area contributed by atoms with E-state index in [1.54, 1.807) is 0 Å². The average molecular weight is 611 g/mol. The number of fused-ring (bicyclic) bond motifs is 1. The fourth-order valence-electron chi connectivity index (χ4n) is 4.41. The zero-order chi connectivity index (χ0) is 30.5. The number of alkyl halides is 6. The smallest absolute Gasteiger partial charge is 0.433 e. The Bertz CT molecular complexity index is 1700. The first-order valence-electron chi connectivity index (χ1n) is 12.4. The summed E-state index contributed by atoms with van der Waals surface area (Å²) >= 11 is 0. The van der Waals surface area contributed by atoms with E-state index in [0.29, 0.717) is 25.0 Å². The van der Waals surface area contributed by atoms with Gasteiger partial charge in [0.1, 0.15) is 23.0 Å². The van der Waals surface area contributed by atoms with E-state index in [1.165, 1.54) is 24.3 Å². The van der Waals surface area contributed by atoms with Crippen molar-refractivity contribution < 1.29 is 44.3 Å². The highest BCUT2D eigenvalue weighted by Gasteiger charge is 2.51. The van der Waals surface area contributed by atoms with Crippen LogP contribution in [0.5, 0.6) is 5.75 Å². The Morgan fingerprint density at radius 3 is 2.40 bits per heavy atom. The summed E-state index contributed by atoms with van der Waals surface area (Å²) in [6, 6.07) is 12.1. The molecule has 42 heavy (non-hydrogen) atoms. The van der Waals surface area contributed by atoms with Crippen molar-refractivity contribution in [1.82, 2.24) is 10.3 Å². The third-order valence-corrected chi connectivity index (χ3v) is 8.64. The number of rotatable bonds is 6. The van der Waals surface area contributed by atoms with Crippen LogP contribution in [-0.2, 0) is 27.2 Å². The molecule has 1 aliphatic carbocycles. The van der Waals surface area contributed by atoms with Crippen LogP contribution in [0.3, 0.4) is 0 Å². The Morgan fingerprint density at radius 2 is 1.76 bits per heavy atom. The molecule has 0 radical (unpaired) electrons. The molecule has 0 saturated heterocycles. The molecule has 0 spiro atoms. The summed E-state index contributed by atoms with van der Waals surface area (Å²) in [4.78, 5) is 15.4. The van der Waals surface area contributed by atoms with Gasteiger partial charge in [0, 0.05) is 5.56 Å². The van der Waals surface area contributed by atoms with E-state index in [0.717, 1.165) is 28.6 Å². The van der Waals surface area contributed by atoms with Crippen LogP contribution in [0, 0.1) is 16.7 Å². The van der Waals surface area contributed by atoms with E-state index >= 15 is 0 Å². The highest BCUT2D eigenvalue weighted by atomic mass is 32.2. The second kappa shape index (κ2) is 10.2. The number of hydrogen-bond acceptors (Lipinski definition) is 6. The normalized spacial score (nSPS) is 17.9. The van der Waals surface area contributed by atoms with Crippen LogP contribution >= 0.6 is 0 Å². The van der Waals surface area contributed by atoms with Crippen molar-refractivity contribution in [3.05, 3.63) is 71.9 Å². The fraction of sp³-hybridized carbons (Fsp3) is 0.296. The molecule has 1 aliphatic heterocycles. The van der Waals surface area contributed by atoms with Crippen LogP contribution in [0.1, 0.15) is 24.1 Å². The molecule has 1 N–H and O–H groups in total. The monoisotopic (exact) mass is 610 g/mol. The number of sulfonamides is 1. The van der Waals surface area contributed by atoms with Crippen LogP contribution in [0.2, 0.25) is 0 Å². The van der Waals surface area contributed by atoms with Gasteiger partial charge in [-0.1, -0.05) is 12.1 Å². The van der Waals surface area contributed by atoms with E-state index in [-0.39, 0.29) is 29.2 Å². The first-order valence-corrected chi connectivity index (χ1v) is 13.8. The number of halogens is 6. The minimum atomic E-state index is -4.83. The summed E-state index contributed by atoms with van der Waals surface area (Å²) in [6.45, 7) is -0.696. The number of pyridine rings is 1. The minimum absolute atomic E-state index is 0.0480. The molecular weight excluding hydrogens is 590 g/mol. The molecule has 2 aliphatic rings. The summed E-state index contributed by atoms with van der Waals surface area (Å²) in [5, 5.41) is 11.8. The largest absolute Gasteiger partial charge is 0.484 e. The van der Waals surface area contributed by atoms with Crippen LogP contribution < -0.4 is 14.4 Å². The summed E-state index contributed by atoms with van der Waals surface area (Å²) in [5.41, 5.74) is -3.74. The maximum Gasteiger partial charge on any atom is 0.433 e. The summed E-state index contributed by atoms with van der Waals surface area (Å²) in [7, 11) is -4.69. The number of carbonyl (C=O) groups excluding carboxylic acids is 1. The van der Waals surface area contributed by atoms with E-state index in [2.05, 4.69) is 10.3 Å². The van der Waals surface area contributed by atoms with E-state index in [4.69, 9.17) is 4.74 Å². The molecule has 1 saturated carbocycles. The number of carbonyl (C=O) groups is 1. The number of hydrogen-bond donors (Lipinski definition) is 1. The number of nitrogens with zero attached hydrogens (tertiary/aromatic N) is 3. The summed E-state index contributed by atoms with van der Waals surface area (Å²) < 4.78 is 114. The zero-order valence-corrected chi connectivity index (χ0v) is 22.1. The molecular formula is C27H20F6N4O4S. The lowest BCUT2D eigenvalue weighted by Gasteiger charge is -2.36. The minimum Gasteiger partial charge on any atom is -0.484 e. The van der Waals surface area contributed by atoms with Crippen molar-refractivity contribution in [2.75, 3.05) is 17.4 Å². The summed E-state index contributed by atoms with van der Waals surface area (Å²) in [5.74, 6) is -0.606. The Labute approximate surface area is 235 Å². The van der Waals surface area contributed by atoms with Crippen molar-refractivity contribution in [1.29, 1.82) is 5.26 Å². The van der Waals surface area contributed by atoms with E-state index in [9.17, 15) is 44.8 Å². The van der Waals surface area contributed by atoms with Gasteiger partial charge < -0.3 is 10.1 Å². The van der Waals surface area contributed by atoms with Gasteiger partial charge in [-0.3, -0.25) is 9.10 Å². The lowest BCUT2D eigenvalue weighted by molar-refractivity contribution is -0.141. The molecule has 5 rings (SSSR count). The van der Waals surface area contributed by atoms with Gasteiger partial charge in [0.2, 0.25) is 5.91 Å². The molecule has 15 heteroatoms. The molecule has 3 aromatic rings. The van der Waals surface area contributed by atoms with Gasteiger partial charge in [-0.25, -0.2) is 13.4 Å². The molecule has 0 bridgehead atoms. The second-order valence-corrected chi connectivity index (χ2v) is 11.7. The van der Waals surface area contributed by atoms with E-state index in [1.807, 2.05) is 6.07 Å². The first-order chi connectivity index (χ1) is 19.6. The molecule has 1 aromatic heterocycles. The quantitative estimate of drug-likeness (QED) is 0.386. The number of nitriles is 1. The average Bonchev–Trinajstić information content (AvgIpc) is 3.76. The third-order valence-electron chi connectivity index (χ3n) is 6.86. The van der Waals surface area contributed by atoms with Crippen molar-refractivity contribution >= 4 is 21.6 Å². The predicted octanol–water partition coefficient (Wildman–Crippen LogP) is 5.16. The molecule has 1 atom stereocenters. The lowest BCUT2D eigenvalue weighted by Crippen LogP contribution is -2.49. The van der Waals surface area contributed by atoms with Crippen LogP contribution in [0.4, 0.5) is 32.0 Å². The van der Waals surface area contributed by atoms with Crippen molar-refractivity contribution in [2.24, 2.45) is 5.41 Å². The fourth-order valence-corrected chi connectivity index (χ4v) is 5.95. The van der Waals surface area contributed by atoms with Gasteiger partial charge in [0.25, 0.3) is 10.0 Å². The maximum atomic E-state index is 13.8. The molecule has 1 amide bonds. The highest BCUT2D eigenvalue weighted by Crippen LogP contribution is 2.45.